The van der Waals surface area contributed by atoms with E-state index in [1.165, 1.54) is 0 Å². The summed E-state index contributed by atoms with van der Waals surface area (Å²) in [4.78, 5) is 16.2. The van der Waals surface area contributed by atoms with Crippen molar-refractivity contribution in [1.82, 2.24) is 4.98 Å². The summed E-state index contributed by atoms with van der Waals surface area (Å²) in [6.45, 7) is 0.760. The average Bonchev–Trinajstić information content (AvgIpc) is 3.07. The van der Waals surface area contributed by atoms with Crippen LogP contribution in [0.5, 0.6) is 0 Å². The van der Waals surface area contributed by atoms with Crippen LogP contribution in [0.4, 0.5) is 5.69 Å². The van der Waals surface area contributed by atoms with Crippen molar-refractivity contribution in [2.45, 2.75) is 25.4 Å². The third kappa shape index (κ3) is 4.67. The van der Waals surface area contributed by atoms with E-state index in [-0.39, 0.29) is 12.0 Å². The molecule has 1 amide bonds. The van der Waals surface area contributed by atoms with Crippen molar-refractivity contribution in [2.75, 3.05) is 11.9 Å². The number of carbonyl (C=O) groups excluding carboxylic acids is 1. The number of hydrogen-bond acceptors (Lipinski definition) is 3. The van der Waals surface area contributed by atoms with Crippen LogP contribution >= 0.6 is 0 Å². The largest absolute Gasteiger partial charge is 0.378 e. The molecule has 1 aliphatic heterocycles. The van der Waals surface area contributed by atoms with Gasteiger partial charge in [0.1, 0.15) is 5.69 Å². The van der Waals surface area contributed by atoms with Gasteiger partial charge in [-0.2, -0.15) is 0 Å². The molecule has 116 valence electrons. The van der Waals surface area contributed by atoms with Crippen molar-refractivity contribution in [3.05, 3.63) is 59.9 Å². The van der Waals surface area contributed by atoms with Gasteiger partial charge in [-0.25, -0.2) is 4.98 Å². The van der Waals surface area contributed by atoms with Crippen molar-refractivity contribution in [2.24, 2.45) is 0 Å². The third-order valence-electron chi connectivity index (χ3n) is 3.58. The van der Waals surface area contributed by atoms with E-state index < -0.39 is 0 Å². The van der Waals surface area contributed by atoms with Gasteiger partial charge in [-0.1, -0.05) is 18.1 Å². The van der Waals surface area contributed by atoms with Gasteiger partial charge in [-0.05, 0) is 49.1 Å². The van der Waals surface area contributed by atoms with Gasteiger partial charge < -0.3 is 10.1 Å². The maximum Gasteiger partial charge on any atom is 0.226 e. The normalized spacial score (nSPS) is 16.4. The summed E-state index contributed by atoms with van der Waals surface area (Å²) in [5, 5.41) is 2.91. The van der Waals surface area contributed by atoms with E-state index in [0.29, 0.717) is 6.42 Å². The van der Waals surface area contributed by atoms with Gasteiger partial charge in [0.15, 0.2) is 0 Å². The summed E-state index contributed by atoms with van der Waals surface area (Å²) in [6.07, 6.45) is 4.18. The minimum atomic E-state index is -0.0215. The lowest BCUT2D eigenvalue weighted by atomic mass is 10.1. The summed E-state index contributed by atoms with van der Waals surface area (Å²) in [5.74, 6) is 6.04. The Hall–Kier alpha value is -2.64. The van der Waals surface area contributed by atoms with Crippen LogP contribution < -0.4 is 5.32 Å². The van der Waals surface area contributed by atoms with Crippen LogP contribution in [0.1, 0.15) is 30.5 Å². The zero-order valence-corrected chi connectivity index (χ0v) is 12.8. The van der Waals surface area contributed by atoms with Gasteiger partial charge in [0.05, 0.1) is 12.5 Å². The van der Waals surface area contributed by atoms with Crippen molar-refractivity contribution >= 4 is 11.6 Å². The fraction of sp³-hybridized carbons (Fsp3) is 0.263. The van der Waals surface area contributed by atoms with Crippen molar-refractivity contribution in [1.29, 1.82) is 0 Å². The molecule has 0 bridgehead atoms. The molecule has 1 aromatic carbocycles. The number of ether oxygens (including phenoxy) is 1. The third-order valence-corrected chi connectivity index (χ3v) is 3.58. The molecule has 4 nitrogen and oxygen atoms in total. The summed E-state index contributed by atoms with van der Waals surface area (Å²) in [6, 6.07) is 13.1. The van der Waals surface area contributed by atoms with E-state index in [1.807, 2.05) is 42.5 Å². The van der Waals surface area contributed by atoms with Crippen molar-refractivity contribution in [3.63, 3.8) is 0 Å². The number of nitrogens with zero attached hydrogens (tertiary/aromatic N) is 1. The molecule has 23 heavy (non-hydrogen) atoms. The van der Waals surface area contributed by atoms with Crippen LogP contribution in [-0.2, 0) is 9.53 Å². The van der Waals surface area contributed by atoms with Gasteiger partial charge in [0, 0.05) is 24.1 Å². The van der Waals surface area contributed by atoms with Crippen molar-refractivity contribution < 1.29 is 9.53 Å². The van der Waals surface area contributed by atoms with Gasteiger partial charge >= 0.3 is 0 Å². The first-order valence-electron chi connectivity index (χ1n) is 7.74. The zero-order valence-electron chi connectivity index (χ0n) is 12.8. The topological polar surface area (TPSA) is 51.2 Å². The molecule has 1 aromatic heterocycles. The molecule has 3 rings (SSSR count). The van der Waals surface area contributed by atoms with Gasteiger partial charge in [-0.15, -0.1) is 0 Å². The van der Waals surface area contributed by atoms with E-state index in [0.717, 1.165) is 36.4 Å². The number of carbonyl (C=O) groups is 1. The second kappa shape index (κ2) is 7.57. The molecule has 2 heterocycles. The van der Waals surface area contributed by atoms with Crippen LogP contribution in [0.15, 0.2) is 48.7 Å². The fourth-order valence-corrected chi connectivity index (χ4v) is 2.47. The average molecular weight is 306 g/mol. The number of nitrogens with one attached hydrogen (secondary N) is 1. The molecule has 1 N–H and O–H groups in total. The maximum atomic E-state index is 12.0. The molecule has 0 saturated carbocycles. The lowest BCUT2D eigenvalue weighted by Gasteiger charge is -2.09. The van der Waals surface area contributed by atoms with Crippen LogP contribution in [0.3, 0.4) is 0 Å². The molecular formula is C19H18N2O2. The number of pyridine rings is 1. The van der Waals surface area contributed by atoms with Crippen LogP contribution in [0.2, 0.25) is 0 Å². The Kier molecular flexibility index (Phi) is 5.02. The smallest absolute Gasteiger partial charge is 0.226 e. The summed E-state index contributed by atoms with van der Waals surface area (Å²) in [7, 11) is 0. The number of benzene rings is 1. The van der Waals surface area contributed by atoms with Crippen molar-refractivity contribution in [3.8, 4) is 11.8 Å². The molecule has 1 saturated heterocycles. The molecule has 1 atom stereocenters. The van der Waals surface area contributed by atoms with E-state index >= 15 is 0 Å². The highest BCUT2D eigenvalue weighted by molar-refractivity contribution is 5.91. The Labute approximate surface area is 135 Å². The second-order valence-corrected chi connectivity index (χ2v) is 5.43. The number of rotatable bonds is 3. The van der Waals surface area contributed by atoms with E-state index in [1.54, 1.807) is 6.20 Å². The number of aromatic nitrogens is 1. The summed E-state index contributed by atoms with van der Waals surface area (Å²) >= 11 is 0. The molecule has 1 unspecified atom stereocenters. The number of amides is 1. The Morgan fingerprint density at radius 1 is 1.26 bits per heavy atom. The number of hydrogen-bond donors (Lipinski definition) is 1. The van der Waals surface area contributed by atoms with E-state index in [2.05, 4.69) is 22.1 Å². The highest BCUT2D eigenvalue weighted by Gasteiger charge is 2.18. The predicted molar refractivity (Wildman–Crippen MR) is 88.9 cm³/mol. The van der Waals surface area contributed by atoms with Crippen LogP contribution in [0, 0.1) is 11.8 Å². The Morgan fingerprint density at radius 2 is 2.22 bits per heavy atom. The second-order valence-electron chi connectivity index (χ2n) is 5.43. The standard InChI is InChI=1S/C19H18N2O2/c22-19(14-18-8-4-12-23-18)21-17-7-3-5-15(13-17)9-10-16-6-1-2-11-20-16/h1-3,5-7,11,13,18H,4,8,12,14H2,(H,21,22). The van der Waals surface area contributed by atoms with Gasteiger partial charge in [0.2, 0.25) is 5.91 Å². The van der Waals surface area contributed by atoms with Crippen LogP contribution in [-0.4, -0.2) is 23.6 Å². The van der Waals surface area contributed by atoms with E-state index in [9.17, 15) is 4.79 Å². The summed E-state index contributed by atoms with van der Waals surface area (Å²) in [5.41, 5.74) is 2.31. The Morgan fingerprint density at radius 3 is 3.00 bits per heavy atom. The van der Waals surface area contributed by atoms with Gasteiger partial charge in [0.25, 0.3) is 0 Å². The molecule has 0 aliphatic carbocycles. The lowest BCUT2D eigenvalue weighted by Crippen LogP contribution is -2.19. The first-order valence-corrected chi connectivity index (χ1v) is 7.74. The SMILES string of the molecule is O=C(CC1CCCO1)Nc1cccc(C#Cc2ccccn2)c1. The Balaban J connectivity index is 1.63. The zero-order chi connectivity index (χ0) is 15.9. The molecule has 1 fully saturated rings. The Bertz CT molecular complexity index is 726. The molecule has 0 radical (unpaired) electrons. The molecular weight excluding hydrogens is 288 g/mol. The van der Waals surface area contributed by atoms with E-state index in [4.69, 9.17) is 4.74 Å². The molecule has 1 aliphatic rings. The molecule has 0 spiro atoms. The monoisotopic (exact) mass is 306 g/mol. The molecule has 4 heteroatoms. The highest BCUT2D eigenvalue weighted by atomic mass is 16.5. The first kappa shape index (κ1) is 15.3. The quantitative estimate of drug-likeness (QED) is 0.887. The lowest BCUT2D eigenvalue weighted by molar-refractivity contribution is -0.118. The fourth-order valence-electron chi connectivity index (χ4n) is 2.47. The van der Waals surface area contributed by atoms with Crippen LogP contribution in [0.25, 0.3) is 0 Å². The summed E-state index contributed by atoms with van der Waals surface area (Å²) < 4.78 is 5.48. The minimum Gasteiger partial charge on any atom is -0.378 e. The first-order chi connectivity index (χ1) is 11.3. The highest BCUT2D eigenvalue weighted by Crippen LogP contribution is 2.17. The number of anilines is 1. The minimum absolute atomic E-state index is 0.0215. The van der Waals surface area contributed by atoms with Gasteiger partial charge in [-0.3, -0.25) is 4.79 Å². The molecule has 2 aromatic rings. The predicted octanol–water partition coefficient (Wildman–Crippen LogP) is 2.99. The maximum absolute atomic E-state index is 12.0.